The van der Waals surface area contributed by atoms with Crippen molar-refractivity contribution < 1.29 is 23.0 Å². The van der Waals surface area contributed by atoms with Gasteiger partial charge in [0.25, 0.3) is 5.91 Å². The molecule has 1 N–H and O–H groups in total. The summed E-state index contributed by atoms with van der Waals surface area (Å²) in [7, 11) is 0. The van der Waals surface area contributed by atoms with Crippen LogP contribution >= 0.6 is 11.8 Å². The molecular weight excluding hydrogens is 478 g/mol. The smallest absolute Gasteiger partial charge is 0.387 e. The molecule has 0 unspecified atom stereocenters. The molecule has 4 aromatic rings. The first-order chi connectivity index (χ1) is 17.0. The van der Waals surface area contributed by atoms with E-state index in [1.54, 1.807) is 41.5 Å². The average Bonchev–Trinajstić information content (AvgIpc) is 3.49. The van der Waals surface area contributed by atoms with Crippen LogP contribution in [0.3, 0.4) is 0 Å². The van der Waals surface area contributed by atoms with Crippen LogP contribution in [0.25, 0.3) is 16.9 Å². The molecule has 0 bridgehead atoms. The van der Waals surface area contributed by atoms with Gasteiger partial charge in [0.1, 0.15) is 17.0 Å². The van der Waals surface area contributed by atoms with Crippen molar-refractivity contribution in [3.63, 3.8) is 0 Å². The van der Waals surface area contributed by atoms with Crippen molar-refractivity contribution in [1.29, 1.82) is 0 Å². The highest BCUT2D eigenvalue weighted by Gasteiger charge is 2.25. The molecule has 1 amide bonds. The maximum Gasteiger partial charge on any atom is 0.387 e. The van der Waals surface area contributed by atoms with E-state index in [2.05, 4.69) is 15.4 Å². The average molecular weight is 501 g/mol. The molecule has 0 aliphatic carbocycles. The number of fused-ring (bicyclic) bond motifs is 1. The molecule has 0 radical (unpaired) electrons. The number of amides is 1. The standard InChI is InChI=1S/C23H22F2N6O3S/c1-35-15-3-4-19(34-23(24)25)16(11-15)20-18(13-31(29-20)14-5-9-33-10-6-14)28-22(32)17-12-27-30-8-2-7-26-21(17)30/h2-4,7-8,11-14,23H,5-6,9-10H2,1H3,(H,28,32). The van der Waals surface area contributed by atoms with Crippen molar-refractivity contribution in [2.75, 3.05) is 24.8 Å². The minimum absolute atomic E-state index is 0.0248. The third-order valence-electron chi connectivity index (χ3n) is 5.73. The van der Waals surface area contributed by atoms with Gasteiger partial charge in [-0.25, -0.2) is 9.50 Å². The molecule has 3 aromatic heterocycles. The molecule has 0 atom stereocenters. The number of hydrogen-bond acceptors (Lipinski definition) is 7. The largest absolute Gasteiger partial charge is 0.434 e. The zero-order valence-electron chi connectivity index (χ0n) is 18.7. The van der Waals surface area contributed by atoms with Gasteiger partial charge in [0.05, 0.1) is 17.9 Å². The van der Waals surface area contributed by atoms with E-state index in [4.69, 9.17) is 14.6 Å². The number of anilines is 1. The Morgan fingerprint density at radius 3 is 2.91 bits per heavy atom. The minimum atomic E-state index is -3.01. The van der Waals surface area contributed by atoms with Crippen LogP contribution in [0, 0.1) is 0 Å². The number of ether oxygens (including phenoxy) is 2. The lowest BCUT2D eigenvalue weighted by Crippen LogP contribution is -2.20. The van der Waals surface area contributed by atoms with Gasteiger partial charge < -0.3 is 14.8 Å². The van der Waals surface area contributed by atoms with Crippen LogP contribution < -0.4 is 10.1 Å². The van der Waals surface area contributed by atoms with Gasteiger partial charge in [-0.2, -0.15) is 19.0 Å². The van der Waals surface area contributed by atoms with Crippen molar-refractivity contribution >= 4 is 29.0 Å². The SMILES string of the molecule is CSc1ccc(OC(F)F)c(-c2nn(C3CCOCC3)cc2NC(=O)c2cnn3cccnc23)c1. The molecule has 1 fully saturated rings. The number of halogens is 2. The normalized spacial score (nSPS) is 14.5. The minimum Gasteiger partial charge on any atom is -0.434 e. The third kappa shape index (κ3) is 4.84. The Morgan fingerprint density at radius 1 is 1.31 bits per heavy atom. The summed E-state index contributed by atoms with van der Waals surface area (Å²) in [6.07, 6.45) is 9.80. The summed E-state index contributed by atoms with van der Waals surface area (Å²) >= 11 is 1.46. The molecule has 35 heavy (non-hydrogen) atoms. The lowest BCUT2D eigenvalue weighted by atomic mass is 10.1. The zero-order chi connectivity index (χ0) is 24.4. The van der Waals surface area contributed by atoms with Gasteiger partial charge >= 0.3 is 6.61 Å². The number of hydrogen-bond donors (Lipinski definition) is 1. The van der Waals surface area contributed by atoms with Gasteiger partial charge in [-0.1, -0.05) is 0 Å². The van der Waals surface area contributed by atoms with E-state index in [-0.39, 0.29) is 17.4 Å². The molecule has 1 aromatic carbocycles. The van der Waals surface area contributed by atoms with Gasteiger partial charge in [-0.15, -0.1) is 11.8 Å². The monoisotopic (exact) mass is 500 g/mol. The lowest BCUT2D eigenvalue weighted by molar-refractivity contribution is -0.0495. The van der Waals surface area contributed by atoms with Gasteiger partial charge in [0.15, 0.2) is 5.65 Å². The molecule has 12 heteroatoms. The van der Waals surface area contributed by atoms with Crippen molar-refractivity contribution in [2.45, 2.75) is 30.4 Å². The van der Waals surface area contributed by atoms with Crippen molar-refractivity contribution in [3.05, 3.63) is 54.6 Å². The first-order valence-electron chi connectivity index (χ1n) is 10.9. The Morgan fingerprint density at radius 2 is 2.14 bits per heavy atom. The van der Waals surface area contributed by atoms with E-state index < -0.39 is 12.5 Å². The van der Waals surface area contributed by atoms with E-state index in [0.717, 1.165) is 17.7 Å². The van der Waals surface area contributed by atoms with Gasteiger partial charge in [0, 0.05) is 42.3 Å². The quantitative estimate of drug-likeness (QED) is 0.373. The predicted molar refractivity (Wildman–Crippen MR) is 126 cm³/mol. The fraction of sp³-hybridized carbons (Fsp3) is 0.304. The number of carbonyl (C=O) groups excluding carboxylic acids is 1. The van der Waals surface area contributed by atoms with Crippen LogP contribution in [-0.2, 0) is 4.74 Å². The van der Waals surface area contributed by atoms with Crippen LogP contribution in [0.5, 0.6) is 5.75 Å². The molecular formula is C23H22F2N6O3S. The second kappa shape index (κ2) is 10.0. The number of rotatable bonds is 7. The van der Waals surface area contributed by atoms with E-state index in [0.29, 0.717) is 35.8 Å². The Kier molecular flexibility index (Phi) is 6.64. The number of thioether (sulfide) groups is 1. The van der Waals surface area contributed by atoms with Crippen LogP contribution in [0.2, 0.25) is 0 Å². The number of benzene rings is 1. The van der Waals surface area contributed by atoms with Gasteiger partial charge in [0.2, 0.25) is 0 Å². The first-order valence-corrected chi connectivity index (χ1v) is 12.2. The number of aromatic nitrogens is 5. The summed E-state index contributed by atoms with van der Waals surface area (Å²) in [5, 5.41) is 11.8. The predicted octanol–water partition coefficient (Wildman–Crippen LogP) is 4.52. The van der Waals surface area contributed by atoms with Crippen LogP contribution in [0.1, 0.15) is 29.2 Å². The van der Waals surface area contributed by atoms with Crippen molar-refractivity contribution in [3.8, 4) is 17.0 Å². The van der Waals surface area contributed by atoms with Crippen LogP contribution in [0.15, 0.2) is 53.9 Å². The maximum absolute atomic E-state index is 13.2. The Balaban J connectivity index is 1.58. The molecule has 0 spiro atoms. The summed E-state index contributed by atoms with van der Waals surface area (Å²) in [4.78, 5) is 18.3. The van der Waals surface area contributed by atoms with Gasteiger partial charge in [-0.05, 0) is 43.4 Å². The van der Waals surface area contributed by atoms with E-state index in [9.17, 15) is 13.6 Å². The molecule has 5 rings (SSSR count). The van der Waals surface area contributed by atoms with Crippen LogP contribution in [0.4, 0.5) is 14.5 Å². The van der Waals surface area contributed by atoms with Crippen molar-refractivity contribution in [2.24, 2.45) is 0 Å². The summed E-state index contributed by atoms with van der Waals surface area (Å²) in [5.41, 5.74) is 1.73. The molecule has 1 saturated heterocycles. The first kappa shape index (κ1) is 23.2. The van der Waals surface area contributed by atoms with Crippen molar-refractivity contribution in [1.82, 2.24) is 24.4 Å². The Hall–Kier alpha value is -3.51. The van der Waals surface area contributed by atoms with E-state index >= 15 is 0 Å². The second-order valence-electron chi connectivity index (χ2n) is 7.86. The number of nitrogens with one attached hydrogen (secondary N) is 1. The number of nitrogens with zero attached hydrogens (tertiary/aromatic N) is 5. The summed E-state index contributed by atoms with van der Waals surface area (Å²) in [6.45, 7) is -1.82. The second-order valence-corrected chi connectivity index (χ2v) is 8.74. The third-order valence-corrected chi connectivity index (χ3v) is 6.45. The summed E-state index contributed by atoms with van der Waals surface area (Å²) < 4.78 is 39.9. The lowest BCUT2D eigenvalue weighted by Gasteiger charge is -2.22. The molecule has 1 aliphatic heterocycles. The molecule has 9 nitrogen and oxygen atoms in total. The molecule has 0 saturated carbocycles. The number of carbonyl (C=O) groups is 1. The maximum atomic E-state index is 13.2. The number of alkyl halides is 2. The van der Waals surface area contributed by atoms with E-state index in [1.165, 1.54) is 28.5 Å². The summed E-state index contributed by atoms with van der Waals surface area (Å²) in [5.74, 6) is -0.466. The Labute approximate surface area is 203 Å². The zero-order valence-corrected chi connectivity index (χ0v) is 19.5. The van der Waals surface area contributed by atoms with Gasteiger partial charge in [-0.3, -0.25) is 9.48 Å². The highest BCUT2D eigenvalue weighted by Crippen LogP contribution is 2.39. The highest BCUT2D eigenvalue weighted by atomic mass is 32.2. The topological polar surface area (TPSA) is 95.6 Å². The molecule has 1 aliphatic rings. The summed E-state index contributed by atoms with van der Waals surface area (Å²) in [6, 6.07) is 6.67. The Bertz CT molecular complexity index is 1350. The van der Waals surface area contributed by atoms with E-state index in [1.807, 2.05) is 6.26 Å². The fourth-order valence-corrected chi connectivity index (χ4v) is 4.46. The fourth-order valence-electron chi connectivity index (χ4n) is 4.02. The highest BCUT2D eigenvalue weighted by molar-refractivity contribution is 7.98. The van der Waals surface area contributed by atoms with Crippen LogP contribution in [-0.4, -0.2) is 56.4 Å². The molecule has 4 heterocycles. The molecule has 182 valence electrons.